The van der Waals surface area contributed by atoms with Crippen LogP contribution in [0, 0.1) is 0 Å². The number of carbonyl (C=O) groups excluding carboxylic acids is 1. The van der Waals surface area contributed by atoms with Crippen molar-refractivity contribution in [2.75, 3.05) is 30.8 Å². The normalized spacial score (nSPS) is 12.8. The number of amides is 1. The summed E-state index contributed by atoms with van der Waals surface area (Å²) >= 11 is 5.78. The van der Waals surface area contributed by atoms with Crippen LogP contribution in [0.3, 0.4) is 0 Å². The predicted molar refractivity (Wildman–Crippen MR) is 83.1 cm³/mol. The molecule has 1 aromatic rings. The number of rotatable bonds is 7. The molecule has 0 aromatic heterocycles. The molecule has 1 unspecified atom stereocenters. The summed E-state index contributed by atoms with van der Waals surface area (Å²) in [5.74, 6) is -0.403. The van der Waals surface area contributed by atoms with Gasteiger partial charge in [-0.15, -0.1) is 0 Å². The molecule has 0 heterocycles. The molecule has 118 valence electrons. The summed E-state index contributed by atoms with van der Waals surface area (Å²) in [6, 6.07) is 6.04. The zero-order valence-corrected chi connectivity index (χ0v) is 13.7. The Bertz CT molecular complexity index is 574. The quantitative estimate of drug-likeness (QED) is 0.814. The van der Waals surface area contributed by atoms with Crippen molar-refractivity contribution >= 4 is 33.2 Å². The molecule has 0 fully saturated rings. The lowest BCUT2D eigenvalue weighted by Crippen LogP contribution is -2.44. The van der Waals surface area contributed by atoms with Crippen molar-refractivity contribution in [1.29, 1.82) is 0 Å². The first-order valence-electron chi connectivity index (χ1n) is 6.25. The monoisotopic (exact) mass is 334 g/mol. The van der Waals surface area contributed by atoms with Gasteiger partial charge < -0.3 is 10.1 Å². The van der Waals surface area contributed by atoms with Crippen molar-refractivity contribution in [2.45, 2.75) is 13.0 Å². The van der Waals surface area contributed by atoms with Crippen LogP contribution in [0.1, 0.15) is 6.92 Å². The van der Waals surface area contributed by atoms with Crippen LogP contribution in [0.5, 0.6) is 0 Å². The van der Waals surface area contributed by atoms with Crippen molar-refractivity contribution < 1.29 is 17.9 Å². The average molecular weight is 335 g/mol. The molecule has 6 nitrogen and oxygen atoms in total. The van der Waals surface area contributed by atoms with E-state index >= 15 is 0 Å². The highest BCUT2D eigenvalue weighted by Gasteiger charge is 2.21. The van der Waals surface area contributed by atoms with Gasteiger partial charge in [-0.25, -0.2) is 8.42 Å². The molecule has 0 spiro atoms. The van der Waals surface area contributed by atoms with E-state index < -0.39 is 15.9 Å². The molecular formula is C13H19ClN2O4S. The summed E-state index contributed by atoms with van der Waals surface area (Å²) < 4.78 is 29.6. The number of halogens is 1. The fraction of sp³-hybridized carbons (Fsp3) is 0.462. The van der Waals surface area contributed by atoms with Crippen LogP contribution in [0.15, 0.2) is 24.3 Å². The molecular weight excluding hydrogens is 316 g/mol. The Morgan fingerprint density at radius 3 is 2.43 bits per heavy atom. The molecule has 0 saturated carbocycles. The van der Waals surface area contributed by atoms with E-state index in [1.165, 1.54) is 7.11 Å². The standard InChI is InChI=1S/C13H19ClN2O4S/c1-10(9-20-2)15-13(17)8-16(21(3,18)19)12-6-4-11(14)5-7-12/h4-7,10H,8-9H2,1-3H3,(H,15,17). The van der Waals surface area contributed by atoms with Gasteiger partial charge in [0.25, 0.3) is 0 Å². The number of methoxy groups -OCH3 is 1. The third kappa shape index (κ3) is 5.91. The van der Waals surface area contributed by atoms with Gasteiger partial charge in [0.1, 0.15) is 6.54 Å². The molecule has 0 radical (unpaired) electrons. The van der Waals surface area contributed by atoms with Gasteiger partial charge in [-0.3, -0.25) is 9.10 Å². The second kappa shape index (κ2) is 7.63. The minimum Gasteiger partial charge on any atom is -0.383 e. The maximum atomic E-state index is 11.9. The fourth-order valence-electron chi connectivity index (χ4n) is 1.75. The molecule has 0 bridgehead atoms. The average Bonchev–Trinajstić information content (AvgIpc) is 2.36. The summed E-state index contributed by atoms with van der Waals surface area (Å²) in [4.78, 5) is 11.9. The van der Waals surface area contributed by atoms with Gasteiger partial charge in [0.15, 0.2) is 0 Å². The van der Waals surface area contributed by atoms with Crippen LogP contribution >= 0.6 is 11.6 Å². The molecule has 0 aliphatic heterocycles. The Labute approximate surface area is 130 Å². The maximum absolute atomic E-state index is 11.9. The minimum atomic E-state index is -3.58. The number of sulfonamides is 1. The Morgan fingerprint density at radius 2 is 1.95 bits per heavy atom. The number of ether oxygens (including phenoxy) is 1. The van der Waals surface area contributed by atoms with E-state index in [4.69, 9.17) is 16.3 Å². The maximum Gasteiger partial charge on any atom is 0.241 e. The first kappa shape index (κ1) is 17.7. The molecule has 1 N–H and O–H groups in total. The van der Waals surface area contributed by atoms with Crippen LogP contribution in [0.4, 0.5) is 5.69 Å². The third-order valence-corrected chi connectivity index (χ3v) is 4.02. The Balaban J connectivity index is 2.86. The van der Waals surface area contributed by atoms with Crippen LogP contribution in [0.25, 0.3) is 0 Å². The van der Waals surface area contributed by atoms with E-state index in [-0.39, 0.29) is 12.6 Å². The molecule has 1 rings (SSSR count). The number of hydrogen-bond donors (Lipinski definition) is 1. The van der Waals surface area contributed by atoms with E-state index in [1.54, 1.807) is 31.2 Å². The van der Waals surface area contributed by atoms with E-state index in [2.05, 4.69) is 5.32 Å². The SMILES string of the molecule is COCC(C)NC(=O)CN(c1ccc(Cl)cc1)S(C)(=O)=O. The summed E-state index contributed by atoms with van der Waals surface area (Å²) in [6.45, 7) is 1.83. The van der Waals surface area contributed by atoms with Crippen molar-refractivity contribution in [1.82, 2.24) is 5.32 Å². The summed E-state index contributed by atoms with van der Waals surface area (Å²) in [5, 5.41) is 3.16. The van der Waals surface area contributed by atoms with Gasteiger partial charge >= 0.3 is 0 Å². The zero-order chi connectivity index (χ0) is 16.0. The Morgan fingerprint density at radius 1 is 1.38 bits per heavy atom. The van der Waals surface area contributed by atoms with Crippen LogP contribution in [0.2, 0.25) is 5.02 Å². The first-order chi connectivity index (χ1) is 9.74. The van der Waals surface area contributed by atoms with Gasteiger partial charge in [0, 0.05) is 18.2 Å². The number of hydrogen-bond acceptors (Lipinski definition) is 4. The minimum absolute atomic E-state index is 0.200. The third-order valence-electron chi connectivity index (χ3n) is 2.63. The van der Waals surface area contributed by atoms with E-state index in [0.29, 0.717) is 17.3 Å². The first-order valence-corrected chi connectivity index (χ1v) is 8.48. The number of anilines is 1. The molecule has 8 heteroatoms. The highest BCUT2D eigenvalue weighted by molar-refractivity contribution is 7.92. The number of nitrogens with zero attached hydrogens (tertiary/aromatic N) is 1. The summed E-state index contributed by atoms with van der Waals surface area (Å²) in [7, 11) is -2.05. The molecule has 1 amide bonds. The topological polar surface area (TPSA) is 75.7 Å². The van der Waals surface area contributed by atoms with Crippen molar-refractivity contribution in [3.05, 3.63) is 29.3 Å². The molecule has 0 aliphatic rings. The van der Waals surface area contributed by atoms with E-state index in [9.17, 15) is 13.2 Å². The lowest BCUT2D eigenvalue weighted by atomic mass is 10.3. The predicted octanol–water partition coefficient (Wildman–Crippen LogP) is 1.26. The van der Waals surface area contributed by atoms with Gasteiger partial charge in [-0.1, -0.05) is 11.6 Å². The highest BCUT2D eigenvalue weighted by atomic mass is 35.5. The van der Waals surface area contributed by atoms with Crippen molar-refractivity contribution in [3.63, 3.8) is 0 Å². The molecule has 1 atom stereocenters. The Hall–Kier alpha value is -1.31. The number of carbonyl (C=O) groups is 1. The Kier molecular flexibility index (Phi) is 6.44. The molecule has 1 aromatic carbocycles. The summed E-state index contributed by atoms with van der Waals surface area (Å²) in [5.41, 5.74) is 0.386. The summed E-state index contributed by atoms with van der Waals surface area (Å²) in [6.07, 6.45) is 1.05. The van der Waals surface area contributed by atoms with Crippen molar-refractivity contribution in [2.24, 2.45) is 0 Å². The van der Waals surface area contributed by atoms with E-state index in [0.717, 1.165) is 10.6 Å². The highest BCUT2D eigenvalue weighted by Crippen LogP contribution is 2.20. The number of benzene rings is 1. The van der Waals surface area contributed by atoms with Gasteiger partial charge in [-0.05, 0) is 31.2 Å². The molecule has 0 saturated heterocycles. The number of nitrogens with one attached hydrogen (secondary N) is 1. The second-order valence-corrected chi connectivity index (χ2v) is 7.01. The van der Waals surface area contributed by atoms with E-state index in [1.807, 2.05) is 0 Å². The second-order valence-electron chi connectivity index (χ2n) is 4.67. The fourth-order valence-corrected chi connectivity index (χ4v) is 2.73. The van der Waals surface area contributed by atoms with Gasteiger partial charge in [0.2, 0.25) is 15.9 Å². The molecule has 21 heavy (non-hydrogen) atoms. The van der Waals surface area contributed by atoms with Crippen molar-refractivity contribution in [3.8, 4) is 0 Å². The lowest BCUT2D eigenvalue weighted by molar-refractivity contribution is -0.120. The van der Waals surface area contributed by atoms with Crippen LogP contribution in [-0.4, -0.2) is 46.9 Å². The molecule has 0 aliphatic carbocycles. The smallest absolute Gasteiger partial charge is 0.241 e. The van der Waals surface area contributed by atoms with Crippen LogP contribution < -0.4 is 9.62 Å². The largest absolute Gasteiger partial charge is 0.383 e. The van der Waals surface area contributed by atoms with Gasteiger partial charge in [0.05, 0.1) is 18.6 Å². The zero-order valence-electron chi connectivity index (χ0n) is 12.2. The van der Waals surface area contributed by atoms with Gasteiger partial charge in [-0.2, -0.15) is 0 Å². The lowest BCUT2D eigenvalue weighted by Gasteiger charge is -2.23. The van der Waals surface area contributed by atoms with Crippen LogP contribution in [-0.2, 0) is 19.6 Å².